The lowest BCUT2D eigenvalue weighted by atomic mass is 9.76. The third kappa shape index (κ3) is 1.95. The van der Waals surface area contributed by atoms with E-state index in [1.807, 2.05) is 13.8 Å². The van der Waals surface area contributed by atoms with E-state index in [4.69, 9.17) is 0 Å². The Morgan fingerprint density at radius 1 is 1.00 bits per heavy atom. The van der Waals surface area contributed by atoms with Gasteiger partial charge in [0, 0.05) is 23.8 Å². The molecule has 0 bridgehead atoms. The van der Waals surface area contributed by atoms with Gasteiger partial charge in [-0.1, -0.05) is 11.1 Å². The molecule has 0 N–H and O–H groups in total. The minimum absolute atomic E-state index is 0.257. The van der Waals surface area contributed by atoms with Crippen molar-refractivity contribution in [3.05, 3.63) is 11.1 Å². The molecule has 0 saturated carbocycles. The standard InChI is InChI=1S/C10H14O4/c1-5-3-7(9(11)12)8(10(13)14)4-6(5)2/h7-8H,3-4H2,1-2H3,(H,11,12)(H,13,14)/p-2. The molecule has 0 aromatic rings. The van der Waals surface area contributed by atoms with Gasteiger partial charge in [0.2, 0.25) is 0 Å². The summed E-state index contributed by atoms with van der Waals surface area (Å²) in [5.74, 6) is -4.48. The highest BCUT2D eigenvalue weighted by Gasteiger charge is 2.28. The van der Waals surface area contributed by atoms with Gasteiger partial charge in [-0.25, -0.2) is 0 Å². The Kier molecular flexibility index (Phi) is 2.93. The zero-order valence-electron chi connectivity index (χ0n) is 8.20. The highest BCUT2D eigenvalue weighted by molar-refractivity contribution is 5.79. The number of carboxylic acids is 2. The predicted octanol–water partition coefficient (Wildman–Crippen LogP) is -1.15. The maximum absolute atomic E-state index is 10.7. The second-order valence-electron chi connectivity index (χ2n) is 3.82. The molecule has 2 unspecified atom stereocenters. The lowest BCUT2D eigenvalue weighted by molar-refractivity contribution is -0.327. The van der Waals surface area contributed by atoms with Crippen LogP contribution in [0.1, 0.15) is 26.7 Å². The number of carbonyl (C=O) groups is 2. The average Bonchev–Trinajstić information content (AvgIpc) is 2.08. The van der Waals surface area contributed by atoms with Crippen molar-refractivity contribution >= 4 is 11.9 Å². The summed E-state index contributed by atoms with van der Waals surface area (Å²) in [6.45, 7) is 3.63. The number of hydrogen-bond donors (Lipinski definition) is 0. The lowest BCUT2D eigenvalue weighted by Crippen LogP contribution is -2.45. The summed E-state index contributed by atoms with van der Waals surface area (Å²) in [7, 11) is 0. The average molecular weight is 196 g/mol. The zero-order valence-corrected chi connectivity index (χ0v) is 8.20. The van der Waals surface area contributed by atoms with Crippen LogP contribution in [-0.2, 0) is 9.59 Å². The summed E-state index contributed by atoms with van der Waals surface area (Å²) in [5.41, 5.74) is 1.88. The van der Waals surface area contributed by atoms with Crippen LogP contribution in [0.2, 0.25) is 0 Å². The van der Waals surface area contributed by atoms with Crippen molar-refractivity contribution in [1.82, 2.24) is 0 Å². The molecule has 1 rings (SSSR count). The molecule has 0 aromatic heterocycles. The van der Waals surface area contributed by atoms with Gasteiger partial charge in [-0.3, -0.25) is 0 Å². The second-order valence-corrected chi connectivity index (χ2v) is 3.82. The summed E-state index contributed by atoms with van der Waals surface area (Å²) in [6.07, 6.45) is 0.514. The molecule has 0 saturated heterocycles. The Morgan fingerprint density at radius 3 is 1.50 bits per heavy atom. The predicted molar refractivity (Wildman–Crippen MR) is 44.6 cm³/mol. The highest BCUT2D eigenvalue weighted by atomic mass is 16.4. The molecule has 1 aliphatic carbocycles. The van der Waals surface area contributed by atoms with Crippen LogP contribution in [0, 0.1) is 11.8 Å². The van der Waals surface area contributed by atoms with Gasteiger partial charge >= 0.3 is 0 Å². The van der Waals surface area contributed by atoms with Gasteiger partial charge in [0.15, 0.2) is 0 Å². The van der Waals surface area contributed by atoms with Crippen LogP contribution in [0.4, 0.5) is 0 Å². The number of hydrogen-bond acceptors (Lipinski definition) is 4. The van der Waals surface area contributed by atoms with Crippen molar-refractivity contribution < 1.29 is 19.8 Å². The smallest absolute Gasteiger partial charge is 0.0455 e. The molecule has 0 heterocycles. The monoisotopic (exact) mass is 196 g/mol. The number of rotatable bonds is 2. The van der Waals surface area contributed by atoms with Crippen LogP contribution < -0.4 is 10.2 Å². The zero-order chi connectivity index (χ0) is 10.9. The van der Waals surface area contributed by atoms with E-state index >= 15 is 0 Å². The molecular weight excluding hydrogens is 184 g/mol. The first-order chi connectivity index (χ1) is 6.43. The lowest BCUT2D eigenvalue weighted by Gasteiger charge is -2.34. The molecule has 2 atom stereocenters. The topological polar surface area (TPSA) is 80.3 Å². The van der Waals surface area contributed by atoms with Gasteiger partial charge in [-0.15, -0.1) is 0 Å². The summed E-state index contributed by atoms with van der Waals surface area (Å²) in [6, 6.07) is 0. The third-order valence-electron chi connectivity index (χ3n) is 2.87. The molecule has 0 aliphatic heterocycles. The molecule has 78 valence electrons. The normalized spacial score (nSPS) is 27.6. The third-order valence-corrected chi connectivity index (χ3v) is 2.87. The Labute approximate surface area is 82.2 Å². The van der Waals surface area contributed by atoms with Gasteiger partial charge in [0.25, 0.3) is 0 Å². The van der Waals surface area contributed by atoms with E-state index in [1.54, 1.807) is 0 Å². The number of carboxylic acid groups (broad SMARTS) is 2. The fraction of sp³-hybridized carbons (Fsp3) is 0.600. The number of carbonyl (C=O) groups excluding carboxylic acids is 2. The molecule has 4 nitrogen and oxygen atoms in total. The number of aliphatic carboxylic acids is 2. The molecule has 14 heavy (non-hydrogen) atoms. The van der Waals surface area contributed by atoms with Crippen molar-refractivity contribution in [2.75, 3.05) is 0 Å². The highest BCUT2D eigenvalue weighted by Crippen LogP contribution is 2.33. The first-order valence-electron chi connectivity index (χ1n) is 4.50. The minimum Gasteiger partial charge on any atom is -0.550 e. The molecule has 0 amide bonds. The number of allylic oxidation sites excluding steroid dienone is 2. The van der Waals surface area contributed by atoms with E-state index in [0.29, 0.717) is 0 Å². The van der Waals surface area contributed by atoms with Crippen LogP contribution in [0.15, 0.2) is 11.1 Å². The molecule has 0 spiro atoms. The van der Waals surface area contributed by atoms with Crippen LogP contribution >= 0.6 is 0 Å². The van der Waals surface area contributed by atoms with Crippen molar-refractivity contribution in [2.24, 2.45) is 11.8 Å². The molecule has 4 heteroatoms. The first kappa shape index (κ1) is 10.8. The summed E-state index contributed by atoms with van der Waals surface area (Å²) in [5, 5.41) is 21.4. The molecule has 0 radical (unpaired) electrons. The summed E-state index contributed by atoms with van der Waals surface area (Å²) < 4.78 is 0. The maximum atomic E-state index is 10.7. The van der Waals surface area contributed by atoms with Gasteiger partial charge in [0.05, 0.1) is 0 Å². The summed E-state index contributed by atoms with van der Waals surface area (Å²) >= 11 is 0. The van der Waals surface area contributed by atoms with E-state index in [-0.39, 0.29) is 12.8 Å². The van der Waals surface area contributed by atoms with Gasteiger partial charge in [0.1, 0.15) is 0 Å². The largest absolute Gasteiger partial charge is 0.550 e. The van der Waals surface area contributed by atoms with E-state index in [0.717, 1.165) is 11.1 Å². The van der Waals surface area contributed by atoms with Crippen molar-refractivity contribution in [3.63, 3.8) is 0 Å². The van der Waals surface area contributed by atoms with E-state index < -0.39 is 23.8 Å². The van der Waals surface area contributed by atoms with E-state index in [9.17, 15) is 19.8 Å². The van der Waals surface area contributed by atoms with Gasteiger partial charge in [-0.2, -0.15) is 0 Å². The quantitative estimate of drug-likeness (QED) is 0.522. The minimum atomic E-state index is -1.30. The SMILES string of the molecule is CC1=C(C)CC(C(=O)[O-])C(C(=O)[O-])C1. The molecule has 0 fully saturated rings. The van der Waals surface area contributed by atoms with E-state index in [1.165, 1.54) is 0 Å². The molecular formula is C10H12O4-2. The first-order valence-corrected chi connectivity index (χ1v) is 4.50. The Morgan fingerprint density at radius 2 is 1.29 bits per heavy atom. The van der Waals surface area contributed by atoms with Crippen molar-refractivity contribution in [1.29, 1.82) is 0 Å². The Balaban J connectivity index is 2.95. The molecule has 0 aromatic carbocycles. The molecule has 1 aliphatic rings. The van der Waals surface area contributed by atoms with Gasteiger partial charge < -0.3 is 19.8 Å². The van der Waals surface area contributed by atoms with Crippen LogP contribution in [0.25, 0.3) is 0 Å². The Bertz CT molecular complexity index is 273. The van der Waals surface area contributed by atoms with Gasteiger partial charge in [-0.05, 0) is 26.7 Å². The maximum Gasteiger partial charge on any atom is 0.0455 e. The van der Waals surface area contributed by atoms with Crippen molar-refractivity contribution in [2.45, 2.75) is 26.7 Å². The van der Waals surface area contributed by atoms with Crippen LogP contribution in [-0.4, -0.2) is 11.9 Å². The fourth-order valence-corrected chi connectivity index (χ4v) is 1.79. The van der Waals surface area contributed by atoms with Crippen LogP contribution in [0.5, 0.6) is 0 Å². The Hall–Kier alpha value is -1.32. The second kappa shape index (κ2) is 3.82. The van der Waals surface area contributed by atoms with Crippen molar-refractivity contribution in [3.8, 4) is 0 Å². The summed E-state index contributed by atoms with van der Waals surface area (Å²) in [4.78, 5) is 21.4. The fourth-order valence-electron chi connectivity index (χ4n) is 1.79. The van der Waals surface area contributed by atoms with E-state index in [2.05, 4.69) is 0 Å². The van der Waals surface area contributed by atoms with Crippen LogP contribution in [0.3, 0.4) is 0 Å².